The van der Waals surface area contributed by atoms with E-state index >= 15 is 0 Å². The van der Waals surface area contributed by atoms with Crippen LogP contribution in [0.25, 0.3) is 10.8 Å². The van der Waals surface area contributed by atoms with E-state index < -0.39 is 0 Å². The first-order valence-corrected chi connectivity index (χ1v) is 7.72. The van der Waals surface area contributed by atoms with Gasteiger partial charge in [0.2, 0.25) is 0 Å². The minimum atomic E-state index is -0.142. The Balaban J connectivity index is 1.96. The first-order chi connectivity index (χ1) is 9.65. The third kappa shape index (κ3) is 2.47. The second kappa shape index (κ2) is 5.35. The first-order valence-electron chi connectivity index (χ1n) is 6.85. The molecular formula is C17H18N2S. The van der Waals surface area contributed by atoms with Gasteiger partial charge in [-0.15, -0.1) is 11.3 Å². The van der Waals surface area contributed by atoms with E-state index in [-0.39, 0.29) is 6.04 Å². The summed E-state index contributed by atoms with van der Waals surface area (Å²) in [5.41, 5.74) is 8.61. The molecule has 1 atom stereocenters. The molecule has 0 amide bonds. The van der Waals surface area contributed by atoms with Gasteiger partial charge >= 0.3 is 0 Å². The molecular weight excluding hydrogens is 264 g/mol. The molecule has 3 rings (SSSR count). The smallest absolute Gasteiger partial charge is 0.114 e. The third-order valence-electron chi connectivity index (χ3n) is 3.53. The molecule has 2 nitrogen and oxygen atoms in total. The predicted molar refractivity (Wildman–Crippen MR) is 86.2 cm³/mol. The number of rotatable bonds is 3. The van der Waals surface area contributed by atoms with Crippen molar-refractivity contribution in [3.8, 4) is 0 Å². The minimum absolute atomic E-state index is 0.142. The lowest BCUT2D eigenvalue weighted by Crippen LogP contribution is -2.11. The van der Waals surface area contributed by atoms with Crippen molar-refractivity contribution in [1.82, 2.24) is 4.98 Å². The van der Waals surface area contributed by atoms with Crippen LogP contribution in [0.15, 0.2) is 47.8 Å². The van der Waals surface area contributed by atoms with Crippen LogP contribution in [-0.4, -0.2) is 4.98 Å². The van der Waals surface area contributed by atoms with Gasteiger partial charge in [0.1, 0.15) is 5.01 Å². The van der Waals surface area contributed by atoms with Gasteiger partial charge in [-0.2, -0.15) is 0 Å². The van der Waals surface area contributed by atoms with E-state index in [2.05, 4.69) is 66.7 Å². The summed E-state index contributed by atoms with van der Waals surface area (Å²) in [5, 5.41) is 5.57. The zero-order valence-corrected chi connectivity index (χ0v) is 12.5. The summed E-state index contributed by atoms with van der Waals surface area (Å²) in [6, 6.07) is 14.6. The summed E-state index contributed by atoms with van der Waals surface area (Å²) in [6.07, 6.45) is 0. The highest BCUT2D eigenvalue weighted by Crippen LogP contribution is 2.27. The van der Waals surface area contributed by atoms with Crippen molar-refractivity contribution < 1.29 is 0 Å². The molecule has 3 aromatic rings. The molecule has 2 N–H and O–H groups in total. The Hall–Kier alpha value is -1.71. The van der Waals surface area contributed by atoms with Gasteiger partial charge in [0, 0.05) is 5.38 Å². The van der Waals surface area contributed by atoms with E-state index in [4.69, 9.17) is 5.73 Å². The molecule has 0 radical (unpaired) electrons. The molecule has 0 fully saturated rings. The van der Waals surface area contributed by atoms with Crippen LogP contribution in [0.2, 0.25) is 0 Å². The van der Waals surface area contributed by atoms with E-state index in [1.165, 1.54) is 10.8 Å². The monoisotopic (exact) mass is 282 g/mol. The quantitative estimate of drug-likeness (QED) is 0.770. The molecule has 1 aromatic heterocycles. The zero-order valence-electron chi connectivity index (χ0n) is 11.7. The molecule has 0 saturated carbocycles. The number of nitrogens with two attached hydrogens (primary N) is 1. The average Bonchev–Trinajstić information content (AvgIpc) is 2.96. The second-order valence-corrected chi connectivity index (χ2v) is 6.24. The number of aromatic nitrogens is 1. The fraction of sp³-hybridized carbons (Fsp3) is 0.235. The van der Waals surface area contributed by atoms with Gasteiger partial charge in [0.05, 0.1) is 11.7 Å². The minimum Gasteiger partial charge on any atom is -0.318 e. The van der Waals surface area contributed by atoms with Crippen LogP contribution in [0.5, 0.6) is 0 Å². The Morgan fingerprint density at radius 3 is 2.50 bits per heavy atom. The molecule has 0 bridgehead atoms. The molecule has 0 aliphatic rings. The van der Waals surface area contributed by atoms with Gasteiger partial charge in [0.25, 0.3) is 0 Å². The Morgan fingerprint density at radius 2 is 1.80 bits per heavy atom. The molecule has 2 aromatic carbocycles. The summed E-state index contributed by atoms with van der Waals surface area (Å²) in [6.45, 7) is 4.31. The SMILES string of the molecule is CC(C)c1csc(C(N)c2ccc3ccccc3c2)n1. The normalized spacial score (nSPS) is 13.0. The topological polar surface area (TPSA) is 38.9 Å². The fourth-order valence-electron chi connectivity index (χ4n) is 2.25. The summed E-state index contributed by atoms with van der Waals surface area (Å²) >= 11 is 1.65. The first kappa shape index (κ1) is 13.3. The molecule has 1 unspecified atom stereocenters. The largest absolute Gasteiger partial charge is 0.318 e. The molecule has 3 heteroatoms. The maximum atomic E-state index is 6.37. The van der Waals surface area contributed by atoms with E-state index in [0.29, 0.717) is 5.92 Å². The number of thiazole rings is 1. The molecule has 20 heavy (non-hydrogen) atoms. The highest BCUT2D eigenvalue weighted by Gasteiger charge is 2.14. The van der Waals surface area contributed by atoms with Crippen molar-refractivity contribution in [2.75, 3.05) is 0 Å². The predicted octanol–water partition coefficient (Wildman–Crippen LogP) is 4.47. The summed E-state index contributed by atoms with van der Waals surface area (Å²) in [5.74, 6) is 0.448. The van der Waals surface area contributed by atoms with Gasteiger partial charge in [-0.1, -0.05) is 50.2 Å². The molecule has 102 valence electrons. The lowest BCUT2D eigenvalue weighted by Gasteiger charge is -2.10. The summed E-state index contributed by atoms with van der Waals surface area (Å²) in [7, 11) is 0. The highest BCUT2D eigenvalue weighted by molar-refractivity contribution is 7.09. The van der Waals surface area contributed by atoms with Crippen LogP contribution in [-0.2, 0) is 0 Å². The van der Waals surface area contributed by atoms with Gasteiger partial charge in [0.15, 0.2) is 0 Å². The van der Waals surface area contributed by atoms with Crippen LogP contribution in [0.3, 0.4) is 0 Å². The van der Waals surface area contributed by atoms with E-state index in [9.17, 15) is 0 Å². The molecule has 0 spiro atoms. The number of hydrogen-bond donors (Lipinski definition) is 1. The van der Waals surface area contributed by atoms with Crippen molar-refractivity contribution >= 4 is 22.1 Å². The molecule has 0 saturated heterocycles. The lowest BCUT2D eigenvalue weighted by molar-refractivity contribution is 0.796. The third-order valence-corrected chi connectivity index (χ3v) is 4.48. The zero-order chi connectivity index (χ0) is 14.1. The van der Waals surface area contributed by atoms with E-state index in [1.807, 2.05) is 0 Å². The van der Waals surface area contributed by atoms with Crippen LogP contribution in [0.1, 0.15) is 42.1 Å². The highest BCUT2D eigenvalue weighted by atomic mass is 32.1. The van der Waals surface area contributed by atoms with Crippen LogP contribution < -0.4 is 5.73 Å². The van der Waals surface area contributed by atoms with Crippen molar-refractivity contribution in [3.63, 3.8) is 0 Å². The Kier molecular flexibility index (Phi) is 3.55. The Morgan fingerprint density at radius 1 is 1.05 bits per heavy atom. The number of nitrogens with zero attached hydrogens (tertiary/aromatic N) is 1. The van der Waals surface area contributed by atoms with Gasteiger partial charge in [-0.25, -0.2) is 4.98 Å². The van der Waals surface area contributed by atoms with Crippen molar-refractivity contribution in [2.24, 2.45) is 5.73 Å². The summed E-state index contributed by atoms with van der Waals surface area (Å²) < 4.78 is 0. The van der Waals surface area contributed by atoms with Crippen LogP contribution >= 0.6 is 11.3 Å². The number of hydrogen-bond acceptors (Lipinski definition) is 3. The number of benzene rings is 2. The van der Waals surface area contributed by atoms with Gasteiger partial charge in [-0.05, 0) is 28.3 Å². The lowest BCUT2D eigenvalue weighted by atomic mass is 10.0. The van der Waals surface area contributed by atoms with Gasteiger partial charge < -0.3 is 5.73 Å². The average molecular weight is 282 g/mol. The maximum absolute atomic E-state index is 6.37. The van der Waals surface area contributed by atoms with Crippen LogP contribution in [0.4, 0.5) is 0 Å². The maximum Gasteiger partial charge on any atom is 0.114 e. The molecule has 1 heterocycles. The fourth-order valence-corrected chi connectivity index (χ4v) is 3.26. The molecule has 0 aliphatic carbocycles. The van der Waals surface area contributed by atoms with Crippen molar-refractivity contribution in [1.29, 1.82) is 0 Å². The Labute approximate surface area is 123 Å². The second-order valence-electron chi connectivity index (χ2n) is 5.35. The van der Waals surface area contributed by atoms with Crippen molar-refractivity contribution in [2.45, 2.75) is 25.8 Å². The van der Waals surface area contributed by atoms with E-state index in [1.54, 1.807) is 11.3 Å². The van der Waals surface area contributed by atoms with Crippen LogP contribution in [0, 0.1) is 0 Å². The van der Waals surface area contributed by atoms with Gasteiger partial charge in [-0.3, -0.25) is 0 Å². The van der Waals surface area contributed by atoms with Crippen molar-refractivity contribution in [3.05, 3.63) is 64.1 Å². The standard InChI is InChI=1S/C17H18N2S/c1-11(2)15-10-20-17(19-15)16(18)14-8-7-12-5-3-4-6-13(12)9-14/h3-11,16H,18H2,1-2H3. The molecule has 0 aliphatic heterocycles. The van der Waals surface area contributed by atoms with E-state index in [0.717, 1.165) is 16.3 Å². The Bertz CT molecular complexity index is 730. The number of fused-ring (bicyclic) bond motifs is 1. The summed E-state index contributed by atoms with van der Waals surface area (Å²) in [4.78, 5) is 4.66.